The maximum Gasteiger partial charge on any atom is 0.271 e. The molecule has 144 valence electrons. The van der Waals surface area contributed by atoms with Crippen LogP contribution >= 0.6 is 0 Å². The molecule has 2 aromatic rings. The van der Waals surface area contributed by atoms with Gasteiger partial charge in [-0.1, -0.05) is 6.42 Å². The van der Waals surface area contributed by atoms with Crippen molar-refractivity contribution in [3.05, 3.63) is 36.3 Å². The predicted octanol–water partition coefficient (Wildman–Crippen LogP) is 1.64. The molecular formula is C20H27N5O2. The number of nitrogens with zero attached hydrogens (tertiary/aromatic N) is 4. The first-order chi connectivity index (χ1) is 13.2. The van der Waals surface area contributed by atoms with Crippen LogP contribution in [0.2, 0.25) is 0 Å². The summed E-state index contributed by atoms with van der Waals surface area (Å²) in [5.74, 6) is 0.445. The Labute approximate surface area is 159 Å². The summed E-state index contributed by atoms with van der Waals surface area (Å²) < 4.78 is 0. The molecule has 2 aliphatic rings. The van der Waals surface area contributed by atoms with E-state index in [1.165, 1.54) is 19.3 Å². The maximum atomic E-state index is 12.9. The number of likely N-dealkylation sites (tertiary alicyclic amines) is 2. The van der Waals surface area contributed by atoms with E-state index in [9.17, 15) is 9.90 Å². The average molecular weight is 369 g/mol. The lowest BCUT2D eigenvalue weighted by Gasteiger charge is -2.30. The van der Waals surface area contributed by atoms with E-state index in [2.05, 4.69) is 20.1 Å². The number of aromatic nitrogens is 3. The summed E-state index contributed by atoms with van der Waals surface area (Å²) in [7, 11) is 0. The fourth-order valence-electron chi connectivity index (χ4n) is 4.26. The summed E-state index contributed by atoms with van der Waals surface area (Å²) in [6, 6.07) is 5.54. The van der Waals surface area contributed by atoms with Gasteiger partial charge in [-0.15, -0.1) is 0 Å². The second-order valence-electron chi connectivity index (χ2n) is 7.68. The van der Waals surface area contributed by atoms with Crippen molar-refractivity contribution in [1.29, 1.82) is 0 Å². The second kappa shape index (κ2) is 8.19. The molecule has 27 heavy (non-hydrogen) atoms. The molecule has 2 saturated heterocycles. The first kappa shape index (κ1) is 18.1. The van der Waals surface area contributed by atoms with Gasteiger partial charge in [-0.25, -0.2) is 0 Å². The highest BCUT2D eigenvalue weighted by Gasteiger charge is 2.36. The molecule has 7 heteroatoms. The minimum atomic E-state index is -0.0394. The van der Waals surface area contributed by atoms with Crippen molar-refractivity contribution in [2.45, 2.75) is 19.3 Å². The van der Waals surface area contributed by atoms with Crippen molar-refractivity contribution < 1.29 is 9.90 Å². The topological polar surface area (TPSA) is 85.4 Å². The number of aliphatic hydroxyl groups excluding tert-OH is 1. The fraction of sp³-hybridized carbons (Fsp3) is 0.550. The van der Waals surface area contributed by atoms with Crippen LogP contribution < -0.4 is 0 Å². The summed E-state index contributed by atoms with van der Waals surface area (Å²) in [6.07, 6.45) is 7.25. The van der Waals surface area contributed by atoms with Gasteiger partial charge in [-0.3, -0.25) is 14.9 Å². The highest BCUT2D eigenvalue weighted by atomic mass is 16.3. The summed E-state index contributed by atoms with van der Waals surface area (Å²) in [5, 5.41) is 17.0. The molecule has 0 radical (unpaired) electrons. The molecule has 2 N–H and O–H groups in total. The quantitative estimate of drug-likeness (QED) is 0.837. The van der Waals surface area contributed by atoms with Gasteiger partial charge in [0.1, 0.15) is 5.69 Å². The largest absolute Gasteiger partial charge is 0.396 e. The van der Waals surface area contributed by atoms with Crippen molar-refractivity contribution in [1.82, 2.24) is 25.0 Å². The van der Waals surface area contributed by atoms with Crippen LogP contribution in [0.1, 0.15) is 29.8 Å². The minimum absolute atomic E-state index is 0.0394. The highest BCUT2D eigenvalue weighted by molar-refractivity contribution is 5.93. The molecule has 2 fully saturated rings. The molecule has 2 atom stereocenters. The molecule has 0 aliphatic carbocycles. The Kier molecular flexibility index (Phi) is 5.50. The fourth-order valence-corrected chi connectivity index (χ4v) is 4.26. The molecule has 0 bridgehead atoms. The lowest BCUT2D eigenvalue weighted by molar-refractivity contribution is 0.0772. The molecule has 0 aromatic carbocycles. The Hall–Kier alpha value is -2.25. The molecule has 2 aliphatic heterocycles. The third kappa shape index (κ3) is 4.04. The van der Waals surface area contributed by atoms with Crippen LogP contribution in [0.25, 0.3) is 11.3 Å². The van der Waals surface area contributed by atoms with Crippen molar-refractivity contribution in [3.8, 4) is 11.3 Å². The zero-order valence-electron chi connectivity index (χ0n) is 15.5. The number of aliphatic hydroxyl groups is 1. The molecular weight excluding hydrogens is 342 g/mol. The van der Waals surface area contributed by atoms with Crippen LogP contribution in [0.3, 0.4) is 0 Å². The minimum Gasteiger partial charge on any atom is -0.396 e. The first-order valence-electron chi connectivity index (χ1n) is 9.83. The third-order valence-electron chi connectivity index (χ3n) is 5.82. The van der Waals surface area contributed by atoms with Gasteiger partial charge in [0.25, 0.3) is 5.91 Å². The number of carbonyl (C=O) groups is 1. The molecule has 0 unspecified atom stereocenters. The van der Waals surface area contributed by atoms with Crippen LogP contribution in [0.5, 0.6) is 0 Å². The van der Waals surface area contributed by atoms with Crippen molar-refractivity contribution in [2.75, 3.05) is 39.3 Å². The number of H-pyrrole nitrogens is 1. The zero-order chi connectivity index (χ0) is 18.6. The Morgan fingerprint density at radius 2 is 1.89 bits per heavy atom. The Balaban J connectivity index is 1.42. The SMILES string of the molecule is O=C(c1cc(-c2ccncc2)n[nH]1)N1C[C@@H](CN2CCCCC2)[C@@H](CO)C1. The highest BCUT2D eigenvalue weighted by Crippen LogP contribution is 2.27. The Bertz CT molecular complexity index is 757. The number of aromatic amines is 1. The van der Waals surface area contributed by atoms with Crippen LogP contribution in [0.4, 0.5) is 0 Å². The van der Waals surface area contributed by atoms with E-state index in [0.29, 0.717) is 24.7 Å². The number of amides is 1. The van der Waals surface area contributed by atoms with Crippen molar-refractivity contribution in [2.24, 2.45) is 11.8 Å². The van der Waals surface area contributed by atoms with E-state index in [-0.39, 0.29) is 18.4 Å². The zero-order valence-corrected chi connectivity index (χ0v) is 15.5. The van der Waals surface area contributed by atoms with E-state index in [1.54, 1.807) is 18.5 Å². The molecule has 0 saturated carbocycles. The molecule has 2 aromatic heterocycles. The molecule has 1 amide bonds. The maximum absolute atomic E-state index is 12.9. The summed E-state index contributed by atoms with van der Waals surface area (Å²) in [5.41, 5.74) is 2.17. The van der Waals surface area contributed by atoms with E-state index in [1.807, 2.05) is 17.0 Å². The number of hydrogen-bond acceptors (Lipinski definition) is 5. The second-order valence-corrected chi connectivity index (χ2v) is 7.68. The summed E-state index contributed by atoms with van der Waals surface area (Å²) in [4.78, 5) is 21.3. The third-order valence-corrected chi connectivity index (χ3v) is 5.82. The first-order valence-corrected chi connectivity index (χ1v) is 9.83. The Morgan fingerprint density at radius 1 is 1.15 bits per heavy atom. The van der Waals surface area contributed by atoms with Crippen LogP contribution in [-0.2, 0) is 0 Å². The van der Waals surface area contributed by atoms with E-state index < -0.39 is 0 Å². The van der Waals surface area contributed by atoms with Crippen LogP contribution in [0, 0.1) is 11.8 Å². The number of hydrogen-bond donors (Lipinski definition) is 2. The van der Waals surface area contributed by atoms with Gasteiger partial charge in [0, 0.05) is 50.1 Å². The van der Waals surface area contributed by atoms with Crippen LogP contribution in [-0.4, -0.2) is 75.3 Å². The van der Waals surface area contributed by atoms with E-state index >= 15 is 0 Å². The number of rotatable bonds is 5. The smallest absolute Gasteiger partial charge is 0.271 e. The molecule has 7 nitrogen and oxygen atoms in total. The van der Waals surface area contributed by atoms with Crippen molar-refractivity contribution in [3.63, 3.8) is 0 Å². The standard InChI is InChI=1S/C20H27N5O2/c26-14-17-13-25(12-16(17)11-24-8-2-1-3-9-24)20(27)19-10-18(22-23-19)15-4-6-21-7-5-15/h4-7,10,16-17,26H,1-3,8-9,11-14H2,(H,22,23)/t16-,17-/m1/s1. The number of nitrogens with one attached hydrogen (secondary N) is 1. The molecule has 4 heterocycles. The molecule has 0 spiro atoms. The van der Waals surface area contributed by atoms with E-state index in [4.69, 9.17) is 0 Å². The lowest BCUT2D eigenvalue weighted by Crippen LogP contribution is -2.37. The lowest BCUT2D eigenvalue weighted by atomic mass is 9.95. The summed E-state index contributed by atoms with van der Waals surface area (Å²) in [6.45, 7) is 4.69. The Morgan fingerprint density at radius 3 is 2.63 bits per heavy atom. The van der Waals surface area contributed by atoms with Gasteiger partial charge >= 0.3 is 0 Å². The monoisotopic (exact) mass is 369 g/mol. The van der Waals surface area contributed by atoms with Gasteiger partial charge in [-0.2, -0.15) is 5.10 Å². The van der Waals surface area contributed by atoms with Gasteiger partial charge in [0.2, 0.25) is 0 Å². The van der Waals surface area contributed by atoms with Gasteiger partial charge < -0.3 is 14.9 Å². The summed E-state index contributed by atoms with van der Waals surface area (Å²) >= 11 is 0. The normalized spacial score (nSPS) is 23.7. The number of carbonyl (C=O) groups excluding carboxylic acids is 1. The van der Waals surface area contributed by atoms with Gasteiger partial charge in [0.15, 0.2) is 0 Å². The molecule has 4 rings (SSSR count). The average Bonchev–Trinajstić information content (AvgIpc) is 3.36. The van der Waals surface area contributed by atoms with Gasteiger partial charge in [-0.05, 0) is 50.0 Å². The van der Waals surface area contributed by atoms with Gasteiger partial charge in [0.05, 0.1) is 5.69 Å². The number of piperidine rings is 1. The van der Waals surface area contributed by atoms with E-state index in [0.717, 1.165) is 30.9 Å². The van der Waals surface area contributed by atoms with Crippen LogP contribution in [0.15, 0.2) is 30.6 Å². The van der Waals surface area contributed by atoms with Crippen molar-refractivity contribution >= 4 is 5.91 Å². The number of pyridine rings is 1. The predicted molar refractivity (Wildman–Crippen MR) is 102 cm³/mol.